The Morgan fingerprint density at radius 1 is 1.05 bits per heavy atom. The van der Waals surface area contributed by atoms with Gasteiger partial charge in [0, 0.05) is 13.1 Å². The molecule has 1 saturated heterocycles. The van der Waals surface area contributed by atoms with Crippen LogP contribution in [0.5, 0.6) is 0 Å². The van der Waals surface area contributed by atoms with Crippen molar-refractivity contribution in [3.63, 3.8) is 0 Å². The van der Waals surface area contributed by atoms with Crippen molar-refractivity contribution in [1.29, 1.82) is 0 Å². The van der Waals surface area contributed by atoms with Crippen molar-refractivity contribution in [2.24, 2.45) is 0 Å². The molecule has 3 rings (SSSR count). The zero-order valence-corrected chi connectivity index (χ0v) is 11.7. The number of benzene rings is 1. The fraction of sp³-hybridized carbons (Fsp3) is 0.467. The lowest BCUT2D eigenvalue weighted by molar-refractivity contribution is 0.237. The minimum atomic E-state index is 0.474. The maximum absolute atomic E-state index is 5.96. The molecule has 0 spiro atoms. The van der Waals surface area contributed by atoms with Gasteiger partial charge in [-0.1, -0.05) is 18.6 Å². The Balaban J connectivity index is 1.63. The molecule has 5 nitrogen and oxygen atoms in total. The van der Waals surface area contributed by atoms with Crippen molar-refractivity contribution >= 4 is 22.7 Å². The van der Waals surface area contributed by atoms with Crippen LogP contribution >= 0.6 is 0 Å². The number of piperidine rings is 1. The third-order valence-electron chi connectivity index (χ3n) is 3.77. The van der Waals surface area contributed by atoms with E-state index in [1.54, 1.807) is 0 Å². The van der Waals surface area contributed by atoms with Crippen LogP contribution in [0.15, 0.2) is 24.3 Å². The third-order valence-corrected chi connectivity index (χ3v) is 3.77. The van der Waals surface area contributed by atoms with Crippen LogP contribution in [0.3, 0.4) is 0 Å². The van der Waals surface area contributed by atoms with Crippen molar-refractivity contribution in [1.82, 2.24) is 14.9 Å². The van der Waals surface area contributed by atoms with Crippen molar-refractivity contribution in [2.75, 3.05) is 37.2 Å². The molecule has 0 amide bonds. The molecule has 1 fully saturated rings. The van der Waals surface area contributed by atoms with Crippen LogP contribution in [0.2, 0.25) is 0 Å². The summed E-state index contributed by atoms with van der Waals surface area (Å²) in [6, 6.07) is 7.79. The Morgan fingerprint density at radius 2 is 1.75 bits per heavy atom. The second kappa shape index (κ2) is 6.05. The van der Waals surface area contributed by atoms with E-state index in [0.717, 1.165) is 24.1 Å². The average Bonchev–Trinajstić information content (AvgIpc) is 2.49. The Morgan fingerprint density at radius 3 is 2.50 bits per heavy atom. The van der Waals surface area contributed by atoms with Gasteiger partial charge in [-0.2, -0.15) is 0 Å². The van der Waals surface area contributed by atoms with Gasteiger partial charge in [-0.05, 0) is 38.1 Å². The van der Waals surface area contributed by atoms with Gasteiger partial charge >= 0.3 is 0 Å². The SMILES string of the molecule is Nc1nc2ccccc2nc1NCCN1CCCCC1. The van der Waals surface area contributed by atoms with Gasteiger partial charge in [0.15, 0.2) is 11.6 Å². The first-order valence-electron chi connectivity index (χ1n) is 7.31. The zero-order chi connectivity index (χ0) is 13.8. The lowest BCUT2D eigenvalue weighted by Crippen LogP contribution is -2.33. The van der Waals surface area contributed by atoms with Gasteiger partial charge < -0.3 is 16.0 Å². The molecular formula is C15H21N5. The molecular weight excluding hydrogens is 250 g/mol. The fourth-order valence-corrected chi connectivity index (χ4v) is 2.66. The van der Waals surface area contributed by atoms with E-state index in [1.165, 1.54) is 32.4 Å². The van der Waals surface area contributed by atoms with Crippen LogP contribution in [0.4, 0.5) is 11.6 Å². The van der Waals surface area contributed by atoms with Gasteiger partial charge in [0.25, 0.3) is 0 Å². The molecule has 2 aromatic rings. The Labute approximate surface area is 119 Å². The van der Waals surface area contributed by atoms with Gasteiger partial charge in [-0.3, -0.25) is 0 Å². The van der Waals surface area contributed by atoms with Crippen molar-refractivity contribution in [2.45, 2.75) is 19.3 Å². The predicted octanol–water partition coefficient (Wildman–Crippen LogP) is 2.11. The third kappa shape index (κ3) is 2.99. The summed E-state index contributed by atoms with van der Waals surface area (Å²) in [4.78, 5) is 11.4. The molecule has 1 aromatic heterocycles. The number of anilines is 2. The molecule has 0 atom stereocenters. The van der Waals surface area contributed by atoms with E-state index < -0.39 is 0 Å². The number of likely N-dealkylation sites (tertiary alicyclic amines) is 1. The van der Waals surface area contributed by atoms with E-state index in [-0.39, 0.29) is 0 Å². The number of fused-ring (bicyclic) bond motifs is 1. The van der Waals surface area contributed by atoms with Crippen LogP contribution in [-0.4, -0.2) is 41.0 Å². The van der Waals surface area contributed by atoms with Crippen molar-refractivity contribution in [3.05, 3.63) is 24.3 Å². The van der Waals surface area contributed by atoms with Crippen LogP contribution in [-0.2, 0) is 0 Å². The van der Waals surface area contributed by atoms with Gasteiger partial charge in [0.05, 0.1) is 11.0 Å². The van der Waals surface area contributed by atoms with Gasteiger partial charge in [-0.15, -0.1) is 0 Å². The topological polar surface area (TPSA) is 67.1 Å². The highest BCUT2D eigenvalue weighted by atomic mass is 15.2. The monoisotopic (exact) mass is 271 g/mol. The van der Waals surface area contributed by atoms with E-state index >= 15 is 0 Å². The summed E-state index contributed by atoms with van der Waals surface area (Å²) in [5.41, 5.74) is 7.67. The first kappa shape index (κ1) is 13.1. The maximum Gasteiger partial charge on any atom is 0.169 e. The molecule has 0 radical (unpaired) electrons. The quantitative estimate of drug-likeness (QED) is 0.891. The second-order valence-corrected chi connectivity index (χ2v) is 5.28. The number of nitrogens with one attached hydrogen (secondary N) is 1. The molecule has 20 heavy (non-hydrogen) atoms. The molecule has 106 valence electrons. The second-order valence-electron chi connectivity index (χ2n) is 5.28. The largest absolute Gasteiger partial charge is 0.381 e. The van der Waals surface area contributed by atoms with Crippen LogP contribution in [0.1, 0.15) is 19.3 Å². The number of nitrogen functional groups attached to an aromatic ring is 1. The molecule has 0 unspecified atom stereocenters. The molecule has 1 aliphatic rings. The van der Waals surface area contributed by atoms with Crippen molar-refractivity contribution in [3.8, 4) is 0 Å². The summed E-state index contributed by atoms with van der Waals surface area (Å²) in [5.74, 6) is 1.17. The molecule has 5 heteroatoms. The average molecular weight is 271 g/mol. The highest BCUT2D eigenvalue weighted by molar-refractivity contribution is 5.79. The van der Waals surface area contributed by atoms with Crippen LogP contribution in [0, 0.1) is 0 Å². The van der Waals surface area contributed by atoms with Crippen molar-refractivity contribution < 1.29 is 0 Å². The maximum atomic E-state index is 5.96. The van der Waals surface area contributed by atoms with E-state index in [9.17, 15) is 0 Å². The first-order valence-corrected chi connectivity index (χ1v) is 7.31. The Hall–Kier alpha value is -1.88. The molecule has 0 bridgehead atoms. The van der Waals surface area contributed by atoms with Crippen LogP contribution < -0.4 is 11.1 Å². The fourth-order valence-electron chi connectivity index (χ4n) is 2.66. The normalized spacial score (nSPS) is 16.4. The minimum absolute atomic E-state index is 0.474. The smallest absolute Gasteiger partial charge is 0.169 e. The number of rotatable bonds is 4. The van der Waals surface area contributed by atoms with E-state index in [2.05, 4.69) is 20.2 Å². The Bertz CT molecular complexity index is 577. The van der Waals surface area contributed by atoms with E-state index in [1.807, 2.05) is 24.3 Å². The molecule has 2 heterocycles. The zero-order valence-electron chi connectivity index (χ0n) is 11.7. The molecule has 1 aromatic carbocycles. The molecule has 0 aliphatic carbocycles. The lowest BCUT2D eigenvalue weighted by Gasteiger charge is -2.26. The number of aromatic nitrogens is 2. The summed E-state index contributed by atoms with van der Waals surface area (Å²) in [5, 5.41) is 3.31. The predicted molar refractivity (Wildman–Crippen MR) is 82.7 cm³/mol. The number of nitrogens with zero attached hydrogens (tertiary/aromatic N) is 3. The summed E-state index contributed by atoms with van der Waals surface area (Å²) in [6.45, 7) is 4.31. The minimum Gasteiger partial charge on any atom is -0.381 e. The standard InChI is InChI=1S/C15H21N5/c16-14-15(17-8-11-20-9-4-1-5-10-20)19-13-7-3-2-6-12(13)18-14/h2-3,6-7H,1,4-5,8-11H2,(H2,16,18)(H,17,19). The number of hydrogen-bond acceptors (Lipinski definition) is 5. The van der Waals surface area contributed by atoms with Gasteiger partial charge in [-0.25, -0.2) is 9.97 Å². The highest BCUT2D eigenvalue weighted by Gasteiger charge is 2.10. The van der Waals surface area contributed by atoms with E-state index in [4.69, 9.17) is 5.73 Å². The summed E-state index contributed by atoms with van der Waals surface area (Å²) < 4.78 is 0. The summed E-state index contributed by atoms with van der Waals surface area (Å²) >= 11 is 0. The summed E-state index contributed by atoms with van der Waals surface area (Å²) in [7, 11) is 0. The number of hydrogen-bond donors (Lipinski definition) is 2. The van der Waals surface area contributed by atoms with Crippen LogP contribution in [0.25, 0.3) is 11.0 Å². The Kier molecular flexibility index (Phi) is 3.97. The van der Waals surface area contributed by atoms with Gasteiger partial charge in [0.2, 0.25) is 0 Å². The molecule has 0 saturated carbocycles. The van der Waals surface area contributed by atoms with Gasteiger partial charge in [0.1, 0.15) is 0 Å². The first-order chi connectivity index (χ1) is 9.83. The number of para-hydroxylation sites is 2. The number of nitrogens with two attached hydrogens (primary N) is 1. The molecule has 3 N–H and O–H groups in total. The lowest BCUT2D eigenvalue weighted by atomic mass is 10.1. The van der Waals surface area contributed by atoms with E-state index in [0.29, 0.717) is 11.6 Å². The molecule has 1 aliphatic heterocycles. The highest BCUT2D eigenvalue weighted by Crippen LogP contribution is 2.18. The summed E-state index contributed by atoms with van der Waals surface area (Å²) in [6.07, 6.45) is 4.00.